The first kappa shape index (κ1) is 24.3. The van der Waals surface area contributed by atoms with Crippen molar-refractivity contribution in [1.82, 2.24) is 25.9 Å². The van der Waals surface area contributed by atoms with Crippen molar-refractivity contribution in [3.63, 3.8) is 0 Å². The van der Waals surface area contributed by atoms with Crippen LogP contribution in [0.3, 0.4) is 0 Å². The van der Waals surface area contributed by atoms with Crippen molar-refractivity contribution >= 4 is 23.5 Å². The molecule has 2 aromatic carbocycles. The minimum atomic E-state index is -0.556. The van der Waals surface area contributed by atoms with Gasteiger partial charge in [-0.3, -0.25) is 14.5 Å². The number of rotatable bonds is 5. The van der Waals surface area contributed by atoms with Crippen LogP contribution in [0.15, 0.2) is 48.8 Å². The lowest BCUT2D eigenvalue weighted by Crippen LogP contribution is -2.40. The van der Waals surface area contributed by atoms with Gasteiger partial charge in [0, 0.05) is 25.2 Å². The second-order valence-electron chi connectivity index (χ2n) is 8.13. The molecule has 0 saturated carbocycles. The molecule has 1 aliphatic rings. The number of anilines is 1. The molecule has 4 amide bonds. The number of halogens is 1. The Kier molecular flexibility index (Phi) is 6.87. The Morgan fingerprint density at radius 2 is 1.86 bits per heavy atom. The number of nitrogens with zero attached hydrogens (tertiary/aromatic N) is 4. The average molecular weight is 487 g/mol. The van der Waals surface area contributed by atoms with E-state index in [1.54, 1.807) is 37.3 Å². The third kappa shape index (κ3) is 4.97. The summed E-state index contributed by atoms with van der Waals surface area (Å²) in [6.07, 6.45) is 1.12. The zero-order valence-corrected chi connectivity index (χ0v) is 19.5. The zero-order valence-electron chi connectivity index (χ0n) is 19.5. The standard InChI is InChI=1S/C25H22FN7O3/c1-14-7-16(4-6-18(14)26)11-29-23(34)19-9-20(31-13-30-19)24(35)32-21-12-33(25(36)28-2)22-8-15(10-27)3-5-17(21)22/h3-9,13,21H,11-12H2,1-2H3,(H,28,36)(H,29,34)(H,32,35). The van der Waals surface area contributed by atoms with Gasteiger partial charge in [-0.15, -0.1) is 0 Å². The van der Waals surface area contributed by atoms with Crippen molar-refractivity contribution in [2.75, 3.05) is 18.5 Å². The Balaban J connectivity index is 1.47. The van der Waals surface area contributed by atoms with Gasteiger partial charge in [-0.05, 0) is 36.2 Å². The van der Waals surface area contributed by atoms with Crippen molar-refractivity contribution in [2.45, 2.75) is 19.5 Å². The predicted octanol–water partition coefficient (Wildman–Crippen LogP) is 2.36. The Morgan fingerprint density at radius 3 is 2.56 bits per heavy atom. The van der Waals surface area contributed by atoms with E-state index in [4.69, 9.17) is 0 Å². The molecule has 3 N–H and O–H groups in total. The van der Waals surface area contributed by atoms with Gasteiger partial charge in [0.25, 0.3) is 11.8 Å². The number of aryl methyl sites for hydroxylation is 1. The summed E-state index contributed by atoms with van der Waals surface area (Å²) in [5.41, 5.74) is 2.74. The minimum Gasteiger partial charge on any atom is -0.347 e. The van der Waals surface area contributed by atoms with Gasteiger partial charge in [0.15, 0.2) is 0 Å². The van der Waals surface area contributed by atoms with Gasteiger partial charge in [-0.25, -0.2) is 19.2 Å². The fraction of sp³-hybridized carbons (Fsp3) is 0.200. The van der Waals surface area contributed by atoms with Crippen molar-refractivity contribution in [1.29, 1.82) is 5.26 Å². The van der Waals surface area contributed by atoms with Crippen LogP contribution < -0.4 is 20.9 Å². The normalized spacial score (nSPS) is 13.9. The van der Waals surface area contributed by atoms with Crippen LogP contribution in [-0.4, -0.2) is 41.4 Å². The fourth-order valence-corrected chi connectivity index (χ4v) is 3.90. The number of nitrogens with one attached hydrogen (secondary N) is 3. The van der Waals surface area contributed by atoms with Crippen LogP contribution in [0, 0.1) is 24.1 Å². The highest BCUT2D eigenvalue weighted by atomic mass is 19.1. The van der Waals surface area contributed by atoms with Gasteiger partial charge >= 0.3 is 6.03 Å². The number of aromatic nitrogens is 2. The molecule has 1 unspecified atom stereocenters. The van der Waals surface area contributed by atoms with Gasteiger partial charge in [0.05, 0.1) is 29.9 Å². The van der Waals surface area contributed by atoms with Crippen LogP contribution in [0.4, 0.5) is 14.9 Å². The van der Waals surface area contributed by atoms with E-state index >= 15 is 0 Å². The minimum absolute atomic E-state index is 0.00791. The summed E-state index contributed by atoms with van der Waals surface area (Å²) in [4.78, 5) is 47.2. The van der Waals surface area contributed by atoms with Crippen LogP contribution >= 0.6 is 0 Å². The molecule has 0 spiro atoms. The summed E-state index contributed by atoms with van der Waals surface area (Å²) in [5, 5.41) is 17.3. The summed E-state index contributed by atoms with van der Waals surface area (Å²) >= 11 is 0. The number of urea groups is 1. The van der Waals surface area contributed by atoms with Gasteiger partial charge in [0.2, 0.25) is 0 Å². The second kappa shape index (κ2) is 10.2. The van der Waals surface area contributed by atoms with E-state index < -0.39 is 17.9 Å². The summed E-state index contributed by atoms with van der Waals surface area (Å²) in [5.74, 6) is -1.40. The Morgan fingerprint density at radius 1 is 1.11 bits per heavy atom. The number of carbonyl (C=O) groups is 3. The van der Waals surface area contributed by atoms with E-state index in [-0.39, 0.29) is 36.3 Å². The number of benzene rings is 2. The van der Waals surface area contributed by atoms with E-state index in [2.05, 4.69) is 25.9 Å². The molecular weight excluding hydrogens is 465 g/mol. The molecule has 1 aromatic heterocycles. The lowest BCUT2D eigenvalue weighted by molar-refractivity contribution is 0.0933. The largest absolute Gasteiger partial charge is 0.347 e. The molecule has 0 saturated heterocycles. The van der Waals surface area contributed by atoms with Crippen molar-refractivity contribution in [3.05, 3.63) is 88.3 Å². The highest BCUT2D eigenvalue weighted by Crippen LogP contribution is 2.35. The van der Waals surface area contributed by atoms with E-state index in [9.17, 15) is 24.0 Å². The van der Waals surface area contributed by atoms with Crippen LogP contribution in [0.25, 0.3) is 0 Å². The maximum Gasteiger partial charge on any atom is 0.321 e. The fourth-order valence-electron chi connectivity index (χ4n) is 3.90. The maximum atomic E-state index is 13.4. The highest BCUT2D eigenvalue weighted by molar-refractivity contribution is 5.98. The first-order valence-corrected chi connectivity index (χ1v) is 11.0. The van der Waals surface area contributed by atoms with Gasteiger partial charge in [0.1, 0.15) is 23.5 Å². The summed E-state index contributed by atoms with van der Waals surface area (Å²) in [6, 6.07) is 11.8. The summed E-state index contributed by atoms with van der Waals surface area (Å²) in [6.45, 7) is 1.95. The molecule has 0 fully saturated rings. The summed E-state index contributed by atoms with van der Waals surface area (Å²) in [7, 11) is 1.49. The second-order valence-corrected chi connectivity index (χ2v) is 8.13. The predicted molar refractivity (Wildman–Crippen MR) is 128 cm³/mol. The first-order valence-electron chi connectivity index (χ1n) is 11.0. The van der Waals surface area contributed by atoms with Gasteiger partial charge < -0.3 is 16.0 Å². The number of carbonyl (C=O) groups excluding carboxylic acids is 3. The molecule has 182 valence electrons. The molecule has 1 atom stereocenters. The van der Waals surface area contributed by atoms with Crippen molar-refractivity contribution < 1.29 is 18.8 Å². The van der Waals surface area contributed by atoms with Crippen molar-refractivity contribution in [3.8, 4) is 6.07 Å². The van der Waals surface area contributed by atoms with Crippen LogP contribution in [-0.2, 0) is 6.54 Å². The molecular formula is C25H22FN7O3. The van der Waals surface area contributed by atoms with E-state index in [1.165, 1.54) is 24.1 Å². The quantitative estimate of drug-likeness (QED) is 0.505. The molecule has 0 bridgehead atoms. The van der Waals surface area contributed by atoms with Crippen LogP contribution in [0.5, 0.6) is 0 Å². The number of fused-ring (bicyclic) bond motifs is 1. The van der Waals surface area contributed by atoms with Crippen LogP contribution in [0.1, 0.15) is 49.3 Å². The Hall–Kier alpha value is -4.85. The lowest BCUT2D eigenvalue weighted by Gasteiger charge is -2.17. The number of amides is 4. The lowest BCUT2D eigenvalue weighted by atomic mass is 10.1. The van der Waals surface area contributed by atoms with Crippen molar-refractivity contribution in [2.24, 2.45) is 0 Å². The van der Waals surface area contributed by atoms with E-state index in [0.29, 0.717) is 22.4 Å². The highest BCUT2D eigenvalue weighted by Gasteiger charge is 2.33. The topological polar surface area (TPSA) is 140 Å². The molecule has 4 rings (SSSR count). The third-order valence-corrected chi connectivity index (χ3v) is 5.76. The SMILES string of the molecule is CNC(=O)N1CC(NC(=O)c2cc(C(=O)NCc3ccc(F)c(C)c3)ncn2)c2ccc(C#N)cc21. The smallest absolute Gasteiger partial charge is 0.321 e. The van der Waals surface area contributed by atoms with E-state index in [0.717, 1.165) is 11.9 Å². The molecule has 11 heteroatoms. The van der Waals surface area contributed by atoms with Gasteiger partial charge in [-0.1, -0.05) is 18.2 Å². The summed E-state index contributed by atoms with van der Waals surface area (Å²) < 4.78 is 13.4. The molecule has 1 aliphatic heterocycles. The number of hydrogen-bond acceptors (Lipinski definition) is 6. The first-order chi connectivity index (χ1) is 17.3. The average Bonchev–Trinajstić information content (AvgIpc) is 3.26. The molecule has 10 nitrogen and oxygen atoms in total. The molecule has 2 heterocycles. The molecule has 36 heavy (non-hydrogen) atoms. The van der Waals surface area contributed by atoms with E-state index in [1.807, 2.05) is 6.07 Å². The zero-order chi connectivity index (χ0) is 25.8. The molecule has 3 aromatic rings. The number of hydrogen-bond donors (Lipinski definition) is 3. The number of nitriles is 1. The Labute approximate surface area is 206 Å². The Bertz CT molecular complexity index is 1400. The molecule has 0 radical (unpaired) electrons. The maximum absolute atomic E-state index is 13.4. The monoisotopic (exact) mass is 487 g/mol. The third-order valence-electron chi connectivity index (χ3n) is 5.76. The van der Waals surface area contributed by atoms with Crippen LogP contribution in [0.2, 0.25) is 0 Å². The van der Waals surface area contributed by atoms with Gasteiger partial charge in [-0.2, -0.15) is 5.26 Å². The molecule has 0 aliphatic carbocycles.